The van der Waals surface area contributed by atoms with E-state index in [9.17, 15) is 12.8 Å². The molecular formula is C13H21FN2O2S. The monoisotopic (exact) mass is 288 g/mol. The molecule has 0 aliphatic carbocycles. The fourth-order valence-corrected chi connectivity index (χ4v) is 3.50. The first-order valence-electron chi connectivity index (χ1n) is 6.30. The van der Waals surface area contributed by atoms with Gasteiger partial charge in [-0.1, -0.05) is 19.9 Å². The molecule has 3 N–H and O–H groups in total. The van der Waals surface area contributed by atoms with Crippen LogP contribution in [0.3, 0.4) is 0 Å². The predicted octanol–water partition coefficient (Wildman–Crippen LogP) is 1.93. The molecule has 0 bridgehead atoms. The lowest BCUT2D eigenvalue weighted by molar-refractivity contribution is 0.362. The minimum absolute atomic E-state index is 0.173. The molecular weight excluding hydrogens is 267 g/mol. The van der Waals surface area contributed by atoms with Crippen LogP contribution in [0.25, 0.3) is 0 Å². The molecule has 6 heteroatoms. The molecule has 108 valence electrons. The van der Waals surface area contributed by atoms with Crippen LogP contribution in [0, 0.1) is 12.7 Å². The van der Waals surface area contributed by atoms with Crippen molar-refractivity contribution in [1.29, 1.82) is 0 Å². The summed E-state index contributed by atoms with van der Waals surface area (Å²) >= 11 is 0. The minimum Gasteiger partial charge on any atom is -0.329 e. The Balaban J connectivity index is 3.17. The van der Waals surface area contributed by atoms with Crippen LogP contribution in [0.4, 0.5) is 4.39 Å². The van der Waals surface area contributed by atoms with Crippen LogP contribution in [-0.4, -0.2) is 20.5 Å². The van der Waals surface area contributed by atoms with E-state index >= 15 is 0 Å². The van der Waals surface area contributed by atoms with E-state index in [2.05, 4.69) is 4.72 Å². The number of rotatable bonds is 6. The van der Waals surface area contributed by atoms with Crippen LogP contribution in [0.2, 0.25) is 0 Å². The lowest BCUT2D eigenvalue weighted by Gasteiger charge is -2.31. The van der Waals surface area contributed by atoms with Gasteiger partial charge in [-0.05, 0) is 37.5 Å². The first-order chi connectivity index (χ1) is 8.80. The van der Waals surface area contributed by atoms with Gasteiger partial charge in [0.05, 0.1) is 0 Å². The summed E-state index contributed by atoms with van der Waals surface area (Å²) in [6.07, 6.45) is 1.10. The summed E-state index contributed by atoms with van der Waals surface area (Å²) in [7, 11) is -3.91. The lowest BCUT2D eigenvalue weighted by atomic mass is 9.95. The lowest BCUT2D eigenvalue weighted by Crippen LogP contribution is -2.52. The molecule has 0 aliphatic heterocycles. The summed E-state index contributed by atoms with van der Waals surface area (Å²) in [5.41, 5.74) is 5.60. The van der Waals surface area contributed by atoms with Crippen molar-refractivity contribution >= 4 is 10.0 Å². The maximum absolute atomic E-state index is 13.8. The molecule has 0 spiro atoms. The maximum Gasteiger partial charge on any atom is 0.244 e. The third-order valence-electron chi connectivity index (χ3n) is 3.47. The van der Waals surface area contributed by atoms with Crippen LogP contribution in [0.15, 0.2) is 23.1 Å². The Hall–Kier alpha value is -0.980. The average molecular weight is 288 g/mol. The standard InChI is InChI=1S/C13H21FN2O2S/c1-4-13(5-2,9-15)16-19(17,18)12-7-6-10(3)8-11(12)14/h6-8,16H,4-5,9,15H2,1-3H3. The zero-order valence-corrected chi connectivity index (χ0v) is 12.3. The second-order valence-corrected chi connectivity index (χ2v) is 6.38. The van der Waals surface area contributed by atoms with Gasteiger partial charge < -0.3 is 5.73 Å². The van der Waals surface area contributed by atoms with Crippen molar-refractivity contribution < 1.29 is 12.8 Å². The maximum atomic E-state index is 13.8. The minimum atomic E-state index is -3.91. The molecule has 0 unspecified atom stereocenters. The van der Waals surface area contributed by atoms with Crippen molar-refractivity contribution in [2.75, 3.05) is 6.54 Å². The van der Waals surface area contributed by atoms with Crippen LogP contribution in [0.1, 0.15) is 32.3 Å². The average Bonchev–Trinajstić information content (AvgIpc) is 2.35. The highest BCUT2D eigenvalue weighted by molar-refractivity contribution is 7.89. The van der Waals surface area contributed by atoms with Crippen molar-refractivity contribution in [1.82, 2.24) is 4.72 Å². The summed E-state index contributed by atoms with van der Waals surface area (Å²) < 4.78 is 40.8. The highest BCUT2D eigenvalue weighted by Crippen LogP contribution is 2.21. The molecule has 0 amide bonds. The highest BCUT2D eigenvalue weighted by Gasteiger charge is 2.32. The Morgan fingerprint density at radius 1 is 1.32 bits per heavy atom. The van der Waals surface area contributed by atoms with Crippen molar-refractivity contribution in [2.24, 2.45) is 5.73 Å². The van der Waals surface area contributed by atoms with Gasteiger partial charge in [0.1, 0.15) is 10.7 Å². The summed E-state index contributed by atoms with van der Waals surface area (Å²) in [6.45, 7) is 5.58. The van der Waals surface area contributed by atoms with Gasteiger partial charge in [-0.2, -0.15) is 0 Å². The number of nitrogens with one attached hydrogen (secondary N) is 1. The molecule has 19 heavy (non-hydrogen) atoms. The molecule has 0 atom stereocenters. The Morgan fingerprint density at radius 3 is 2.32 bits per heavy atom. The summed E-state index contributed by atoms with van der Waals surface area (Å²) in [6, 6.07) is 4.05. The van der Waals surface area contributed by atoms with Gasteiger partial charge >= 0.3 is 0 Å². The van der Waals surface area contributed by atoms with Gasteiger partial charge in [0, 0.05) is 12.1 Å². The Kier molecular flexibility index (Phi) is 5.06. The van der Waals surface area contributed by atoms with Gasteiger partial charge in [-0.3, -0.25) is 0 Å². The molecule has 1 aromatic carbocycles. The normalized spacial score (nSPS) is 12.7. The molecule has 0 saturated heterocycles. The van der Waals surface area contributed by atoms with Gasteiger partial charge in [0.15, 0.2) is 0 Å². The second-order valence-electron chi connectivity index (χ2n) is 4.73. The number of hydrogen-bond acceptors (Lipinski definition) is 3. The highest BCUT2D eigenvalue weighted by atomic mass is 32.2. The fraction of sp³-hybridized carbons (Fsp3) is 0.538. The van der Waals surface area contributed by atoms with Crippen molar-refractivity contribution in [3.63, 3.8) is 0 Å². The largest absolute Gasteiger partial charge is 0.329 e. The molecule has 1 aromatic rings. The molecule has 0 aliphatic rings. The van der Waals surface area contributed by atoms with Crippen LogP contribution >= 0.6 is 0 Å². The number of hydrogen-bond donors (Lipinski definition) is 2. The second kappa shape index (κ2) is 5.98. The number of halogens is 1. The summed E-state index contributed by atoms with van der Waals surface area (Å²) in [5.74, 6) is -0.745. The number of sulfonamides is 1. The van der Waals surface area contributed by atoms with E-state index in [-0.39, 0.29) is 11.4 Å². The SMILES string of the molecule is CCC(CC)(CN)NS(=O)(=O)c1ccc(C)cc1F. The van der Waals surface area contributed by atoms with Crippen molar-refractivity contribution in [3.8, 4) is 0 Å². The molecule has 0 radical (unpaired) electrons. The molecule has 0 fully saturated rings. The quantitative estimate of drug-likeness (QED) is 0.840. The number of benzene rings is 1. The van der Waals surface area contributed by atoms with E-state index in [1.165, 1.54) is 12.1 Å². The Labute approximate surface area is 114 Å². The first-order valence-corrected chi connectivity index (χ1v) is 7.78. The van der Waals surface area contributed by atoms with Gasteiger partial charge in [0.25, 0.3) is 0 Å². The third-order valence-corrected chi connectivity index (χ3v) is 5.08. The van der Waals surface area contributed by atoms with E-state index in [0.717, 1.165) is 0 Å². The summed E-state index contributed by atoms with van der Waals surface area (Å²) in [4.78, 5) is -0.335. The molecule has 0 aromatic heterocycles. The van der Waals surface area contributed by atoms with Gasteiger partial charge in [0.2, 0.25) is 10.0 Å². The smallest absolute Gasteiger partial charge is 0.244 e. The van der Waals surface area contributed by atoms with Crippen LogP contribution in [0.5, 0.6) is 0 Å². The number of aryl methyl sites for hydroxylation is 1. The Bertz CT molecular complexity index is 531. The van der Waals surface area contributed by atoms with E-state index in [1.807, 2.05) is 13.8 Å². The number of nitrogens with two attached hydrogens (primary N) is 1. The molecule has 1 rings (SSSR count). The zero-order valence-electron chi connectivity index (χ0n) is 11.5. The topological polar surface area (TPSA) is 72.2 Å². The zero-order chi connectivity index (χ0) is 14.7. The van der Waals surface area contributed by atoms with E-state index < -0.39 is 21.4 Å². The molecule has 0 saturated carbocycles. The van der Waals surface area contributed by atoms with Crippen LogP contribution < -0.4 is 10.5 Å². The fourth-order valence-electron chi connectivity index (χ4n) is 1.89. The van der Waals surface area contributed by atoms with E-state index in [0.29, 0.717) is 18.4 Å². The van der Waals surface area contributed by atoms with Crippen molar-refractivity contribution in [2.45, 2.75) is 44.0 Å². The van der Waals surface area contributed by atoms with Crippen LogP contribution in [-0.2, 0) is 10.0 Å². The Morgan fingerprint density at radius 2 is 1.89 bits per heavy atom. The van der Waals surface area contributed by atoms with Gasteiger partial charge in [-0.15, -0.1) is 0 Å². The van der Waals surface area contributed by atoms with Gasteiger partial charge in [-0.25, -0.2) is 17.5 Å². The molecule has 0 heterocycles. The predicted molar refractivity (Wildman–Crippen MR) is 73.8 cm³/mol. The van der Waals surface area contributed by atoms with E-state index in [1.54, 1.807) is 13.0 Å². The van der Waals surface area contributed by atoms with E-state index in [4.69, 9.17) is 5.73 Å². The summed E-state index contributed by atoms with van der Waals surface area (Å²) in [5, 5.41) is 0. The first kappa shape index (κ1) is 16.1. The molecule has 4 nitrogen and oxygen atoms in total. The third kappa shape index (κ3) is 3.52. The van der Waals surface area contributed by atoms with Crippen molar-refractivity contribution in [3.05, 3.63) is 29.6 Å².